The van der Waals surface area contributed by atoms with Crippen LogP contribution < -0.4 is 11.5 Å². The Balaban J connectivity index is 3.47. The van der Waals surface area contributed by atoms with Crippen molar-refractivity contribution in [3.05, 3.63) is 12.2 Å². The Morgan fingerprint density at radius 3 is 2.25 bits per heavy atom. The van der Waals surface area contributed by atoms with Crippen molar-refractivity contribution in [2.45, 2.75) is 44.0 Å². The summed E-state index contributed by atoms with van der Waals surface area (Å²) in [6.07, 6.45) is 4.34. The van der Waals surface area contributed by atoms with Gasteiger partial charge >= 0.3 is 0 Å². The van der Waals surface area contributed by atoms with Gasteiger partial charge in [0.1, 0.15) is 0 Å². The van der Waals surface area contributed by atoms with Gasteiger partial charge in [0.15, 0.2) is 0 Å². The summed E-state index contributed by atoms with van der Waals surface area (Å²) >= 11 is 0. The van der Waals surface area contributed by atoms with Crippen LogP contribution in [0.4, 0.5) is 0 Å². The summed E-state index contributed by atoms with van der Waals surface area (Å²) in [7, 11) is 0. The Morgan fingerprint density at radius 2 is 1.69 bits per heavy atom. The molecule has 0 radical (unpaired) electrons. The predicted molar refractivity (Wildman–Crippen MR) is 63.7 cm³/mol. The first kappa shape index (κ1) is 15.5. The molecule has 7 N–H and O–H groups in total. The second-order valence-corrected chi connectivity index (χ2v) is 3.94. The maximum absolute atomic E-state index is 9.50. The molecular formula is C11H24N2O3. The minimum absolute atomic E-state index is 0.180. The molecule has 0 bridgehead atoms. The average Bonchev–Trinajstić information content (AvgIpc) is 2.27. The van der Waals surface area contributed by atoms with Crippen LogP contribution in [0.1, 0.15) is 25.7 Å². The van der Waals surface area contributed by atoms with E-state index in [1.54, 1.807) is 6.08 Å². The van der Waals surface area contributed by atoms with E-state index in [-0.39, 0.29) is 13.1 Å². The van der Waals surface area contributed by atoms with Gasteiger partial charge < -0.3 is 26.8 Å². The molecule has 0 spiro atoms. The van der Waals surface area contributed by atoms with Crippen LogP contribution in [-0.2, 0) is 0 Å². The second-order valence-electron chi connectivity index (χ2n) is 3.94. The standard InChI is InChI=1S/C11H24N2O3/c12-7-10(15)5-3-1-2-4-9(14)6-11(16)8-13/h3,5,9-11,14-16H,1-2,4,6-8,12-13H2/b5-3+. The molecule has 0 saturated carbocycles. The third-order valence-electron chi connectivity index (χ3n) is 2.32. The molecule has 0 aliphatic carbocycles. The van der Waals surface area contributed by atoms with Gasteiger partial charge in [-0.25, -0.2) is 0 Å². The first-order chi connectivity index (χ1) is 7.60. The normalized spacial score (nSPS) is 17.6. The highest BCUT2D eigenvalue weighted by atomic mass is 16.3. The highest BCUT2D eigenvalue weighted by molar-refractivity contribution is 4.88. The SMILES string of the molecule is NCC(O)/C=C/CCCC(O)CC(O)CN. The van der Waals surface area contributed by atoms with Gasteiger partial charge in [-0.05, 0) is 19.3 Å². The van der Waals surface area contributed by atoms with Crippen molar-refractivity contribution in [1.29, 1.82) is 0 Å². The third-order valence-corrected chi connectivity index (χ3v) is 2.32. The maximum Gasteiger partial charge on any atom is 0.0843 e. The summed E-state index contributed by atoms with van der Waals surface area (Å²) in [5.74, 6) is 0. The number of aliphatic hydroxyl groups excluding tert-OH is 3. The summed E-state index contributed by atoms with van der Waals surface area (Å²) in [5, 5.41) is 27.8. The van der Waals surface area contributed by atoms with Crippen LogP contribution in [0.15, 0.2) is 12.2 Å². The van der Waals surface area contributed by atoms with Crippen LogP contribution in [0.3, 0.4) is 0 Å². The smallest absolute Gasteiger partial charge is 0.0843 e. The molecule has 5 nitrogen and oxygen atoms in total. The first-order valence-corrected chi connectivity index (χ1v) is 5.71. The highest BCUT2D eigenvalue weighted by Gasteiger charge is 2.09. The fraction of sp³-hybridized carbons (Fsp3) is 0.818. The molecule has 0 rings (SSSR count). The Hall–Kier alpha value is -0.460. The molecule has 3 unspecified atom stereocenters. The number of hydrogen-bond donors (Lipinski definition) is 5. The molecular weight excluding hydrogens is 208 g/mol. The molecule has 0 aliphatic rings. The second kappa shape index (κ2) is 9.74. The number of hydrogen-bond acceptors (Lipinski definition) is 5. The van der Waals surface area contributed by atoms with Gasteiger partial charge in [-0.1, -0.05) is 12.2 Å². The van der Waals surface area contributed by atoms with Gasteiger partial charge in [0.2, 0.25) is 0 Å². The van der Waals surface area contributed by atoms with E-state index >= 15 is 0 Å². The Bertz CT molecular complexity index is 188. The quantitative estimate of drug-likeness (QED) is 0.261. The van der Waals surface area contributed by atoms with E-state index in [0.717, 1.165) is 12.8 Å². The molecule has 96 valence electrons. The predicted octanol–water partition coefficient (Wildman–Crippen LogP) is -0.897. The third kappa shape index (κ3) is 8.82. The lowest BCUT2D eigenvalue weighted by molar-refractivity contribution is 0.0790. The van der Waals surface area contributed by atoms with Crippen molar-refractivity contribution in [2.75, 3.05) is 13.1 Å². The molecule has 0 aromatic heterocycles. The monoisotopic (exact) mass is 232 g/mol. The van der Waals surface area contributed by atoms with Crippen molar-refractivity contribution in [1.82, 2.24) is 0 Å². The number of allylic oxidation sites excluding steroid dienone is 1. The summed E-state index contributed by atoms with van der Waals surface area (Å²) in [5.41, 5.74) is 10.5. The largest absolute Gasteiger partial charge is 0.393 e. The van der Waals surface area contributed by atoms with E-state index in [1.807, 2.05) is 6.08 Å². The van der Waals surface area contributed by atoms with E-state index in [0.29, 0.717) is 12.8 Å². The molecule has 5 heteroatoms. The van der Waals surface area contributed by atoms with Crippen LogP contribution in [0.5, 0.6) is 0 Å². The molecule has 0 fully saturated rings. The van der Waals surface area contributed by atoms with Gasteiger partial charge in [-0.2, -0.15) is 0 Å². The Morgan fingerprint density at radius 1 is 1.00 bits per heavy atom. The van der Waals surface area contributed by atoms with Crippen LogP contribution in [-0.4, -0.2) is 46.7 Å². The zero-order chi connectivity index (χ0) is 12.4. The Kier molecular flexibility index (Phi) is 9.46. The topological polar surface area (TPSA) is 113 Å². The van der Waals surface area contributed by atoms with Crippen LogP contribution in [0.25, 0.3) is 0 Å². The molecule has 16 heavy (non-hydrogen) atoms. The van der Waals surface area contributed by atoms with Gasteiger partial charge in [0.25, 0.3) is 0 Å². The van der Waals surface area contributed by atoms with Gasteiger partial charge in [0.05, 0.1) is 18.3 Å². The fourth-order valence-corrected chi connectivity index (χ4v) is 1.33. The minimum atomic E-state index is -0.621. The molecule has 0 aromatic carbocycles. The lowest BCUT2D eigenvalue weighted by atomic mass is 10.1. The van der Waals surface area contributed by atoms with Gasteiger partial charge in [0, 0.05) is 19.5 Å². The maximum atomic E-state index is 9.50. The van der Waals surface area contributed by atoms with E-state index in [1.165, 1.54) is 0 Å². The Labute approximate surface area is 96.8 Å². The summed E-state index contributed by atoms with van der Waals surface area (Å²) < 4.78 is 0. The first-order valence-electron chi connectivity index (χ1n) is 5.71. The fourth-order valence-electron chi connectivity index (χ4n) is 1.33. The molecule has 0 heterocycles. The number of aliphatic hydroxyl groups is 3. The van der Waals surface area contributed by atoms with E-state index in [2.05, 4.69) is 0 Å². The number of nitrogens with two attached hydrogens (primary N) is 2. The summed E-state index contributed by atoms with van der Waals surface area (Å²) in [4.78, 5) is 0. The molecule has 0 saturated heterocycles. The zero-order valence-corrected chi connectivity index (χ0v) is 9.63. The highest BCUT2D eigenvalue weighted by Crippen LogP contribution is 2.07. The molecule has 0 aliphatic heterocycles. The minimum Gasteiger partial charge on any atom is -0.393 e. The molecule has 0 aromatic rings. The van der Waals surface area contributed by atoms with Crippen molar-refractivity contribution in [2.24, 2.45) is 11.5 Å². The summed E-state index contributed by atoms with van der Waals surface area (Å²) in [6.45, 7) is 0.404. The van der Waals surface area contributed by atoms with Gasteiger partial charge in [-0.3, -0.25) is 0 Å². The van der Waals surface area contributed by atoms with E-state index in [9.17, 15) is 10.2 Å². The lowest BCUT2D eigenvalue weighted by Crippen LogP contribution is -2.25. The average molecular weight is 232 g/mol. The van der Waals surface area contributed by atoms with Crippen LogP contribution in [0.2, 0.25) is 0 Å². The van der Waals surface area contributed by atoms with Crippen molar-refractivity contribution in [3.63, 3.8) is 0 Å². The lowest BCUT2D eigenvalue weighted by Gasteiger charge is -2.13. The van der Waals surface area contributed by atoms with E-state index in [4.69, 9.17) is 16.6 Å². The number of rotatable bonds is 9. The van der Waals surface area contributed by atoms with Crippen LogP contribution in [0, 0.1) is 0 Å². The molecule has 3 atom stereocenters. The zero-order valence-electron chi connectivity index (χ0n) is 9.63. The van der Waals surface area contributed by atoms with Crippen molar-refractivity contribution < 1.29 is 15.3 Å². The van der Waals surface area contributed by atoms with Crippen LogP contribution >= 0.6 is 0 Å². The van der Waals surface area contributed by atoms with E-state index < -0.39 is 18.3 Å². The van der Waals surface area contributed by atoms with Crippen molar-refractivity contribution in [3.8, 4) is 0 Å². The summed E-state index contributed by atoms with van der Waals surface area (Å²) in [6, 6.07) is 0. The number of unbranched alkanes of at least 4 members (excludes halogenated alkanes) is 1. The molecule has 0 amide bonds. The van der Waals surface area contributed by atoms with Crippen molar-refractivity contribution >= 4 is 0 Å². The van der Waals surface area contributed by atoms with Gasteiger partial charge in [-0.15, -0.1) is 0 Å².